The minimum Gasteiger partial charge on any atom is -0.349 e. The van der Waals surface area contributed by atoms with Gasteiger partial charge in [0.05, 0.1) is 27.9 Å². The Morgan fingerprint density at radius 2 is 1.89 bits per heavy atom. The van der Waals surface area contributed by atoms with Crippen LogP contribution in [0.1, 0.15) is 16.8 Å². The maximum atomic E-state index is 12.7. The molecule has 2 aromatic carbocycles. The van der Waals surface area contributed by atoms with Crippen molar-refractivity contribution in [2.24, 2.45) is 5.92 Å². The molecule has 3 amide bonds. The molecule has 0 aromatic heterocycles. The molecule has 0 unspecified atom stereocenters. The summed E-state index contributed by atoms with van der Waals surface area (Å²) in [6, 6.07) is 13.8. The number of nitrogens with one attached hydrogen (secondary N) is 2. The number of benzene rings is 2. The Kier molecular flexibility index (Phi) is 6.11. The van der Waals surface area contributed by atoms with Crippen LogP contribution in [0.3, 0.4) is 0 Å². The molecule has 1 fully saturated rings. The van der Waals surface area contributed by atoms with E-state index in [9.17, 15) is 14.4 Å². The third-order valence-corrected chi connectivity index (χ3v) is 4.80. The first-order valence-electron chi connectivity index (χ1n) is 8.85. The van der Waals surface area contributed by atoms with Gasteiger partial charge in [0.1, 0.15) is 0 Å². The van der Waals surface area contributed by atoms with Crippen molar-refractivity contribution < 1.29 is 14.4 Å². The van der Waals surface area contributed by atoms with E-state index >= 15 is 0 Å². The van der Waals surface area contributed by atoms with Crippen LogP contribution in [0.2, 0.25) is 5.02 Å². The highest BCUT2D eigenvalue weighted by molar-refractivity contribution is 6.34. The summed E-state index contributed by atoms with van der Waals surface area (Å²) in [6.07, 6.45) is 1.66. The molecule has 1 aliphatic heterocycles. The molecule has 1 atom stereocenters. The van der Waals surface area contributed by atoms with E-state index in [1.807, 2.05) is 0 Å². The van der Waals surface area contributed by atoms with Crippen molar-refractivity contribution in [3.8, 4) is 0 Å². The molecule has 28 heavy (non-hydrogen) atoms. The molecular formula is C21H20ClN3O3. The molecule has 3 rings (SSSR count). The number of hydrogen-bond donors (Lipinski definition) is 2. The van der Waals surface area contributed by atoms with Crippen molar-refractivity contribution in [2.45, 2.75) is 6.42 Å². The lowest BCUT2D eigenvalue weighted by Gasteiger charge is -2.18. The van der Waals surface area contributed by atoms with Gasteiger partial charge in [-0.15, -0.1) is 6.58 Å². The Balaban J connectivity index is 1.73. The predicted octanol–water partition coefficient (Wildman–Crippen LogP) is 3.25. The number of amides is 3. The highest BCUT2D eigenvalue weighted by Gasteiger charge is 2.36. The summed E-state index contributed by atoms with van der Waals surface area (Å²) in [5, 5.41) is 5.93. The standard InChI is InChI=1S/C21H20ClN3O3/c1-2-11-23-21(28)15-7-3-5-9-17(15)24-20(27)14-12-19(26)25(13-14)18-10-6-4-8-16(18)22/h2-10,14H,1,11-13H2,(H,23,28)(H,24,27)/t14-/m1/s1. The number of carbonyl (C=O) groups is 3. The first-order chi connectivity index (χ1) is 13.5. The van der Waals surface area contributed by atoms with E-state index in [2.05, 4.69) is 17.2 Å². The molecule has 7 heteroatoms. The van der Waals surface area contributed by atoms with E-state index in [1.54, 1.807) is 54.6 Å². The largest absolute Gasteiger partial charge is 0.349 e. The van der Waals surface area contributed by atoms with Crippen LogP contribution in [0.5, 0.6) is 0 Å². The molecular weight excluding hydrogens is 378 g/mol. The fourth-order valence-electron chi connectivity index (χ4n) is 3.07. The Labute approximate surface area is 168 Å². The van der Waals surface area contributed by atoms with E-state index in [4.69, 9.17) is 11.6 Å². The van der Waals surface area contributed by atoms with Crippen LogP contribution in [0.15, 0.2) is 61.2 Å². The summed E-state index contributed by atoms with van der Waals surface area (Å²) in [7, 11) is 0. The topological polar surface area (TPSA) is 78.5 Å². The Hall–Kier alpha value is -3.12. The number of nitrogens with zero attached hydrogens (tertiary/aromatic N) is 1. The Bertz CT molecular complexity index is 929. The summed E-state index contributed by atoms with van der Waals surface area (Å²) < 4.78 is 0. The first kappa shape index (κ1) is 19.6. The third kappa shape index (κ3) is 4.23. The van der Waals surface area contributed by atoms with Crippen LogP contribution in [0.4, 0.5) is 11.4 Å². The van der Waals surface area contributed by atoms with Gasteiger partial charge in [0.25, 0.3) is 5.91 Å². The molecule has 144 valence electrons. The molecule has 0 saturated carbocycles. The van der Waals surface area contributed by atoms with E-state index in [-0.39, 0.29) is 30.7 Å². The van der Waals surface area contributed by atoms with Gasteiger partial charge in [-0.25, -0.2) is 0 Å². The zero-order valence-electron chi connectivity index (χ0n) is 15.2. The predicted molar refractivity (Wildman–Crippen MR) is 110 cm³/mol. The monoisotopic (exact) mass is 397 g/mol. The lowest BCUT2D eigenvalue weighted by Crippen LogP contribution is -2.29. The lowest BCUT2D eigenvalue weighted by atomic mass is 10.1. The third-order valence-electron chi connectivity index (χ3n) is 4.48. The number of anilines is 2. The number of hydrogen-bond acceptors (Lipinski definition) is 3. The normalized spacial score (nSPS) is 16.0. The fraction of sp³-hybridized carbons (Fsp3) is 0.190. The van der Waals surface area contributed by atoms with Gasteiger partial charge in [-0.05, 0) is 24.3 Å². The summed E-state index contributed by atoms with van der Waals surface area (Å²) in [5.41, 5.74) is 1.34. The zero-order chi connectivity index (χ0) is 20.1. The van der Waals surface area contributed by atoms with Crippen LogP contribution in [0, 0.1) is 5.92 Å². The van der Waals surface area contributed by atoms with Gasteiger partial charge in [-0.3, -0.25) is 14.4 Å². The minimum atomic E-state index is -0.534. The van der Waals surface area contributed by atoms with E-state index in [0.29, 0.717) is 28.5 Å². The van der Waals surface area contributed by atoms with Crippen molar-refractivity contribution >= 4 is 40.7 Å². The number of para-hydroxylation sites is 2. The Morgan fingerprint density at radius 1 is 1.18 bits per heavy atom. The van der Waals surface area contributed by atoms with Crippen LogP contribution in [-0.2, 0) is 9.59 Å². The SMILES string of the molecule is C=CCNC(=O)c1ccccc1NC(=O)[C@@H]1CC(=O)N(c2ccccc2Cl)C1. The lowest BCUT2D eigenvalue weighted by molar-refractivity contribution is -0.122. The molecule has 2 aromatic rings. The summed E-state index contributed by atoms with van der Waals surface area (Å²) in [4.78, 5) is 38.9. The second-order valence-corrected chi connectivity index (χ2v) is 6.80. The van der Waals surface area contributed by atoms with Gasteiger partial charge in [0.2, 0.25) is 11.8 Å². The van der Waals surface area contributed by atoms with E-state index < -0.39 is 5.92 Å². The summed E-state index contributed by atoms with van der Waals surface area (Å²) in [5.74, 6) is -1.32. The van der Waals surface area contributed by atoms with Crippen molar-refractivity contribution in [3.05, 3.63) is 71.8 Å². The second-order valence-electron chi connectivity index (χ2n) is 6.39. The van der Waals surface area contributed by atoms with Crippen LogP contribution >= 0.6 is 11.6 Å². The number of halogens is 1. The van der Waals surface area contributed by atoms with Gasteiger partial charge >= 0.3 is 0 Å². The van der Waals surface area contributed by atoms with Crippen LogP contribution in [-0.4, -0.2) is 30.8 Å². The maximum absolute atomic E-state index is 12.7. The maximum Gasteiger partial charge on any atom is 0.253 e. The Morgan fingerprint density at radius 3 is 2.64 bits per heavy atom. The average Bonchev–Trinajstić information content (AvgIpc) is 3.08. The number of rotatable bonds is 6. The smallest absolute Gasteiger partial charge is 0.253 e. The molecule has 1 heterocycles. The summed E-state index contributed by atoms with van der Waals surface area (Å²) in [6.45, 7) is 4.12. The molecule has 1 saturated heterocycles. The highest BCUT2D eigenvalue weighted by Crippen LogP contribution is 2.31. The molecule has 0 radical (unpaired) electrons. The van der Waals surface area contributed by atoms with E-state index in [1.165, 1.54) is 4.90 Å². The molecule has 2 N–H and O–H groups in total. The van der Waals surface area contributed by atoms with Crippen molar-refractivity contribution in [1.29, 1.82) is 0 Å². The van der Waals surface area contributed by atoms with Gasteiger partial charge in [0, 0.05) is 19.5 Å². The molecule has 6 nitrogen and oxygen atoms in total. The summed E-state index contributed by atoms with van der Waals surface area (Å²) >= 11 is 6.18. The van der Waals surface area contributed by atoms with Gasteiger partial charge in [0.15, 0.2) is 0 Å². The van der Waals surface area contributed by atoms with Crippen LogP contribution < -0.4 is 15.5 Å². The van der Waals surface area contributed by atoms with Crippen molar-refractivity contribution in [2.75, 3.05) is 23.3 Å². The highest BCUT2D eigenvalue weighted by atomic mass is 35.5. The molecule has 0 aliphatic carbocycles. The number of carbonyl (C=O) groups excluding carboxylic acids is 3. The molecule has 0 spiro atoms. The van der Waals surface area contributed by atoms with Crippen LogP contribution in [0.25, 0.3) is 0 Å². The van der Waals surface area contributed by atoms with Gasteiger partial charge in [-0.2, -0.15) is 0 Å². The van der Waals surface area contributed by atoms with Crippen molar-refractivity contribution in [3.63, 3.8) is 0 Å². The average molecular weight is 398 g/mol. The first-order valence-corrected chi connectivity index (χ1v) is 9.23. The molecule has 0 bridgehead atoms. The zero-order valence-corrected chi connectivity index (χ0v) is 15.9. The van der Waals surface area contributed by atoms with Gasteiger partial charge < -0.3 is 15.5 Å². The second kappa shape index (κ2) is 8.71. The van der Waals surface area contributed by atoms with Gasteiger partial charge in [-0.1, -0.05) is 41.9 Å². The quantitative estimate of drug-likeness (QED) is 0.734. The van der Waals surface area contributed by atoms with Crippen molar-refractivity contribution in [1.82, 2.24) is 5.32 Å². The molecule has 1 aliphatic rings. The minimum absolute atomic E-state index is 0.0852. The fourth-order valence-corrected chi connectivity index (χ4v) is 3.31. The van der Waals surface area contributed by atoms with E-state index in [0.717, 1.165) is 0 Å².